The van der Waals surface area contributed by atoms with E-state index in [2.05, 4.69) is 9.71 Å². The second-order valence-electron chi connectivity index (χ2n) is 3.40. The van der Waals surface area contributed by atoms with Crippen LogP contribution in [0.3, 0.4) is 0 Å². The molecule has 1 unspecified atom stereocenters. The Kier molecular flexibility index (Phi) is 5.13. The Hall–Kier alpha value is -0.210. The molecule has 1 atom stereocenters. The highest BCUT2D eigenvalue weighted by atomic mass is 35.5. The van der Waals surface area contributed by atoms with Crippen LogP contribution in [0.15, 0.2) is 10.4 Å². The van der Waals surface area contributed by atoms with Gasteiger partial charge < -0.3 is 5.11 Å². The van der Waals surface area contributed by atoms with Crippen LogP contribution in [0.4, 0.5) is 0 Å². The number of aliphatic hydroxyl groups is 1. The maximum atomic E-state index is 11.7. The van der Waals surface area contributed by atoms with Gasteiger partial charge in [0.25, 0.3) is 10.0 Å². The van der Waals surface area contributed by atoms with Gasteiger partial charge in [-0.3, -0.25) is 0 Å². The predicted octanol–water partition coefficient (Wildman–Crippen LogP) is 1.09. The van der Waals surface area contributed by atoms with Gasteiger partial charge in [-0.05, 0) is 12.3 Å². The van der Waals surface area contributed by atoms with Crippen LogP contribution in [0.5, 0.6) is 0 Å². The number of halogens is 1. The number of hydrogen-bond acceptors (Lipinski definition) is 5. The van der Waals surface area contributed by atoms with E-state index in [-0.39, 0.29) is 21.2 Å². The highest BCUT2D eigenvalue weighted by Gasteiger charge is 2.17. The molecule has 8 heteroatoms. The van der Waals surface area contributed by atoms with E-state index in [1.165, 1.54) is 6.20 Å². The van der Waals surface area contributed by atoms with Gasteiger partial charge in [0.1, 0.15) is 0 Å². The molecular weight excluding hydrogens is 272 g/mol. The fourth-order valence-corrected chi connectivity index (χ4v) is 3.51. The van der Waals surface area contributed by atoms with Crippen molar-refractivity contribution in [3.63, 3.8) is 0 Å². The summed E-state index contributed by atoms with van der Waals surface area (Å²) >= 11 is 6.48. The normalized spacial score (nSPS) is 13.9. The maximum Gasteiger partial charge on any atom is 0.251 e. The van der Waals surface area contributed by atoms with Gasteiger partial charge in [0.2, 0.25) is 0 Å². The topological polar surface area (TPSA) is 79.3 Å². The number of nitrogens with one attached hydrogen (secondary N) is 1. The summed E-state index contributed by atoms with van der Waals surface area (Å²) < 4.78 is 26.1. The van der Waals surface area contributed by atoms with Crippen molar-refractivity contribution >= 4 is 33.0 Å². The van der Waals surface area contributed by atoms with Crippen LogP contribution in [0, 0.1) is 5.92 Å². The van der Waals surface area contributed by atoms with Crippen LogP contribution in [-0.4, -0.2) is 31.7 Å². The molecule has 0 aromatic carbocycles. The zero-order valence-corrected chi connectivity index (χ0v) is 11.1. The first-order valence-corrected chi connectivity index (χ1v) is 7.35. The average molecular weight is 285 g/mol. The number of sulfonamides is 1. The van der Waals surface area contributed by atoms with Crippen LogP contribution >= 0.6 is 22.9 Å². The molecule has 0 radical (unpaired) electrons. The molecule has 0 saturated carbocycles. The Bertz CT molecular complexity index is 432. The Morgan fingerprint density at radius 1 is 1.69 bits per heavy atom. The van der Waals surface area contributed by atoms with Crippen LogP contribution in [-0.2, 0) is 10.0 Å². The number of nitrogens with zero attached hydrogens (tertiary/aromatic N) is 1. The molecule has 2 N–H and O–H groups in total. The monoisotopic (exact) mass is 284 g/mol. The van der Waals surface area contributed by atoms with E-state index in [1.807, 2.05) is 6.92 Å². The Morgan fingerprint density at radius 3 is 2.88 bits per heavy atom. The smallest absolute Gasteiger partial charge is 0.251 e. The number of thiazole rings is 1. The minimum atomic E-state index is -3.51. The highest BCUT2D eigenvalue weighted by molar-refractivity contribution is 7.91. The molecule has 0 spiro atoms. The standard InChI is InChI=1S/C8H13ClN2O3S2/c1-6(2-3-12)4-11-16(13,14)7-5-10-8(9)15-7/h5-6,11-12H,2-4H2,1H3. The Labute approximate surface area is 104 Å². The summed E-state index contributed by atoms with van der Waals surface area (Å²) in [6.07, 6.45) is 1.79. The lowest BCUT2D eigenvalue weighted by molar-refractivity contribution is 0.263. The maximum absolute atomic E-state index is 11.7. The summed E-state index contributed by atoms with van der Waals surface area (Å²) in [5, 5.41) is 8.68. The fourth-order valence-electron chi connectivity index (χ4n) is 1.01. The molecule has 0 amide bonds. The molecule has 0 fully saturated rings. The van der Waals surface area contributed by atoms with E-state index in [9.17, 15) is 8.42 Å². The van der Waals surface area contributed by atoms with Crippen molar-refractivity contribution in [2.75, 3.05) is 13.2 Å². The summed E-state index contributed by atoms with van der Waals surface area (Å²) in [6, 6.07) is 0. The third-order valence-electron chi connectivity index (χ3n) is 1.96. The molecule has 16 heavy (non-hydrogen) atoms. The van der Waals surface area contributed by atoms with Crippen molar-refractivity contribution in [1.29, 1.82) is 0 Å². The third-order valence-corrected chi connectivity index (χ3v) is 4.96. The zero-order chi connectivity index (χ0) is 12.2. The number of aliphatic hydroxyl groups excluding tert-OH is 1. The first-order chi connectivity index (χ1) is 7.45. The van der Waals surface area contributed by atoms with E-state index in [4.69, 9.17) is 16.7 Å². The number of hydrogen-bond donors (Lipinski definition) is 2. The van der Waals surface area contributed by atoms with Gasteiger partial charge in [0.05, 0.1) is 6.20 Å². The van der Waals surface area contributed by atoms with Gasteiger partial charge in [-0.15, -0.1) is 0 Å². The van der Waals surface area contributed by atoms with Crippen LogP contribution in [0.1, 0.15) is 13.3 Å². The molecular formula is C8H13ClN2O3S2. The van der Waals surface area contributed by atoms with E-state index < -0.39 is 10.0 Å². The van der Waals surface area contributed by atoms with E-state index in [0.29, 0.717) is 13.0 Å². The van der Waals surface area contributed by atoms with Gasteiger partial charge in [0, 0.05) is 13.2 Å². The van der Waals surface area contributed by atoms with Crippen molar-refractivity contribution in [2.45, 2.75) is 17.6 Å². The van der Waals surface area contributed by atoms with Gasteiger partial charge >= 0.3 is 0 Å². The zero-order valence-electron chi connectivity index (χ0n) is 8.68. The van der Waals surface area contributed by atoms with Crippen molar-refractivity contribution in [3.8, 4) is 0 Å². The lowest BCUT2D eigenvalue weighted by Gasteiger charge is -2.10. The van der Waals surface area contributed by atoms with Gasteiger partial charge in [-0.1, -0.05) is 29.9 Å². The Balaban J connectivity index is 2.59. The number of aromatic nitrogens is 1. The molecule has 0 bridgehead atoms. The molecule has 92 valence electrons. The summed E-state index contributed by atoms with van der Waals surface area (Å²) in [6.45, 7) is 2.20. The lowest BCUT2D eigenvalue weighted by atomic mass is 10.1. The Morgan fingerprint density at radius 2 is 2.38 bits per heavy atom. The average Bonchev–Trinajstić information content (AvgIpc) is 2.63. The number of rotatable bonds is 6. The van der Waals surface area contributed by atoms with E-state index in [0.717, 1.165) is 11.3 Å². The summed E-state index contributed by atoms with van der Waals surface area (Å²) in [7, 11) is -3.51. The first-order valence-electron chi connectivity index (χ1n) is 4.67. The van der Waals surface area contributed by atoms with E-state index in [1.54, 1.807) is 0 Å². The van der Waals surface area contributed by atoms with Gasteiger partial charge in [-0.25, -0.2) is 18.1 Å². The molecule has 1 aromatic heterocycles. The minimum Gasteiger partial charge on any atom is -0.396 e. The SMILES string of the molecule is CC(CCO)CNS(=O)(=O)c1cnc(Cl)s1. The molecule has 0 saturated heterocycles. The highest BCUT2D eigenvalue weighted by Crippen LogP contribution is 2.22. The third kappa shape index (κ3) is 3.99. The van der Waals surface area contributed by atoms with Crippen molar-refractivity contribution in [1.82, 2.24) is 9.71 Å². The minimum absolute atomic E-state index is 0.0509. The summed E-state index contributed by atoms with van der Waals surface area (Å²) in [5.41, 5.74) is 0. The van der Waals surface area contributed by atoms with Crippen molar-refractivity contribution in [2.24, 2.45) is 5.92 Å². The van der Waals surface area contributed by atoms with Crippen molar-refractivity contribution in [3.05, 3.63) is 10.7 Å². The fraction of sp³-hybridized carbons (Fsp3) is 0.625. The summed E-state index contributed by atoms with van der Waals surface area (Å²) in [4.78, 5) is 3.67. The largest absolute Gasteiger partial charge is 0.396 e. The van der Waals surface area contributed by atoms with Crippen molar-refractivity contribution < 1.29 is 13.5 Å². The molecule has 0 aliphatic carbocycles. The molecule has 5 nitrogen and oxygen atoms in total. The quantitative estimate of drug-likeness (QED) is 0.820. The molecule has 1 rings (SSSR count). The molecule has 1 aromatic rings. The van der Waals surface area contributed by atoms with Gasteiger partial charge in [-0.2, -0.15) is 0 Å². The second-order valence-corrected chi connectivity index (χ2v) is 7.01. The second kappa shape index (κ2) is 5.92. The first kappa shape index (κ1) is 13.9. The summed E-state index contributed by atoms with van der Waals surface area (Å²) in [5.74, 6) is 0.0863. The van der Waals surface area contributed by atoms with Crippen LogP contribution in [0.25, 0.3) is 0 Å². The van der Waals surface area contributed by atoms with Crippen LogP contribution < -0.4 is 4.72 Å². The van der Waals surface area contributed by atoms with Gasteiger partial charge in [0.15, 0.2) is 8.68 Å². The van der Waals surface area contributed by atoms with Crippen LogP contribution in [0.2, 0.25) is 4.47 Å². The predicted molar refractivity (Wildman–Crippen MR) is 63.2 cm³/mol. The van der Waals surface area contributed by atoms with E-state index >= 15 is 0 Å². The molecule has 0 aliphatic heterocycles. The lowest BCUT2D eigenvalue weighted by Crippen LogP contribution is -2.28. The molecule has 0 aliphatic rings. The molecule has 1 heterocycles.